The van der Waals surface area contributed by atoms with Crippen molar-refractivity contribution in [2.24, 2.45) is 4.99 Å². The minimum Gasteiger partial charge on any atom is -0.282 e. The molecule has 17 heteroatoms. The van der Waals surface area contributed by atoms with E-state index in [2.05, 4.69) is 17.2 Å². The summed E-state index contributed by atoms with van der Waals surface area (Å²) in [6.07, 6.45) is 0. The third-order valence-electron chi connectivity index (χ3n) is 2.98. The number of hydrogen-bond donors (Lipinski definition) is 3. The average molecular weight is 494 g/mol. The van der Waals surface area contributed by atoms with Gasteiger partial charge in [-0.25, -0.2) is 0 Å². The van der Waals surface area contributed by atoms with Crippen LogP contribution in [0.25, 0.3) is 10.8 Å². The van der Waals surface area contributed by atoms with Gasteiger partial charge in [0.1, 0.15) is 4.90 Å². The molecule has 2 rings (SSSR count). The van der Waals surface area contributed by atoms with Crippen molar-refractivity contribution in [3.8, 4) is 0 Å². The molecular formula is C11H7NNa3O9S4. The molecule has 0 fully saturated rings. The molecule has 28 heavy (non-hydrogen) atoms. The van der Waals surface area contributed by atoms with Crippen molar-refractivity contribution >= 4 is 153 Å². The van der Waals surface area contributed by atoms with Crippen LogP contribution >= 0.6 is 12.2 Å². The first-order valence-corrected chi connectivity index (χ1v) is 10.6. The van der Waals surface area contributed by atoms with E-state index >= 15 is 0 Å². The van der Waals surface area contributed by atoms with Crippen molar-refractivity contribution in [2.75, 3.05) is 0 Å². The Balaban J connectivity index is 0. The quantitative estimate of drug-likeness (QED) is 0.230. The van der Waals surface area contributed by atoms with Crippen LogP contribution < -0.4 is 0 Å². The zero-order chi connectivity index (χ0) is 19.2. The summed E-state index contributed by atoms with van der Waals surface area (Å²) in [5.74, 6) is 0. The van der Waals surface area contributed by atoms with E-state index < -0.39 is 50.7 Å². The predicted octanol–water partition coefficient (Wildman–Crippen LogP) is 0.172. The zero-order valence-electron chi connectivity index (χ0n) is 14.7. The molecule has 0 atom stereocenters. The molecule has 0 saturated carbocycles. The number of thiocarbonyl (C=S) groups is 1. The maximum absolute atomic E-state index is 11.6. The molecule has 0 unspecified atom stereocenters. The molecule has 3 radical (unpaired) electrons. The van der Waals surface area contributed by atoms with E-state index in [1.807, 2.05) is 5.16 Å². The van der Waals surface area contributed by atoms with Gasteiger partial charge < -0.3 is 0 Å². The van der Waals surface area contributed by atoms with Crippen LogP contribution in [0.5, 0.6) is 0 Å². The molecular weight excluding hydrogens is 487 g/mol. The van der Waals surface area contributed by atoms with Gasteiger partial charge in [-0.05, 0) is 41.9 Å². The van der Waals surface area contributed by atoms with E-state index in [-0.39, 0.29) is 99.4 Å². The van der Waals surface area contributed by atoms with E-state index in [4.69, 9.17) is 9.11 Å². The molecule has 2 aromatic rings. The van der Waals surface area contributed by atoms with E-state index in [0.717, 1.165) is 18.2 Å². The van der Waals surface area contributed by atoms with Gasteiger partial charge in [0.2, 0.25) is 0 Å². The third-order valence-corrected chi connectivity index (χ3v) is 5.61. The second kappa shape index (κ2) is 11.2. The Morgan fingerprint density at radius 1 is 0.750 bits per heavy atom. The molecule has 137 valence electrons. The summed E-state index contributed by atoms with van der Waals surface area (Å²) < 4.78 is 96.1. The topological polar surface area (TPSA) is 175 Å². The monoisotopic (exact) mass is 494 g/mol. The molecule has 0 saturated heterocycles. The first kappa shape index (κ1) is 31.4. The smallest absolute Gasteiger partial charge is 0.282 e. The average Bonchev–Trinajstić information content (AvgIpc) is 2.43. The summed E-state index contributed by atoms with van der Waals surface area (Å²) in [5, 5.41) is 1.10. The van der Waals surface area contributed by atoms with E-state index in [9.17, 15) is 29.8 Å². The number of nitrogens with zero attached hydrogens (tertiary/aromatic N) is 1. The van der Waals surface area contributed by atoms with Gasteiger partial charge in [-0.1, -0.05) is 0 Å². The van der Waals surface area contributed by atoms with Crippen LogP contribution in [0.4, 0.5) is 5.69 Å². The standard InChI is InChI=1S/C11H7NO9S4.3Na/c13-23(14,15)7-1-6-2-8(24(16,17)18)4-10(25(19,20)21)11(6)9(3-7)12-5-22;;;/h1-4H,(H,13,14,15)(H,16,17,18)(H,19,20,21);;;. The molecule has 0 aliphatic heterocycles. The Hall–Kier alpha value is 1.23. The van der Waals surface area contributed by atoms with Crippen LogP contribution in [-0.2, 0) is 30.4 Å². The predicted molar refractivity (Wildman–Crippen MR) is 105 cm³/mol. The van der Waals surface area contributed by atoms with Gasteiger partial charge >= 0.3 is 0 Å². The molecule has 10 nitrogen and oxygen atoms in total. The molecule has 0 aliphatic rings. The fourth-order valence-corrected chi connectivity index (χ4v) is 4.05. The normalized spacial score (nSPS) is 11.4. The fraction of sp³-hybridized carbons (Fsp3) is 0. The first-order valence-electron chi connectivity index (χ1n) is 5.87. The van der Waals surface area contributed by atoms with Crippen molar-refractivity contribution in [1.29, 1.82) is 0 Å². The minimum atomic E-state index is -5.01. The SMILES string of the molecule is O=S(=O)(O)c1cc(N=C=S)c2c(S(=O)(=O)O)cc(S(=O)(=O)O)cc2c1.[Na].[Na].[Na]. The van der Waals surface area contributed by atoms with Crippen molar-refractivity contribution in [3.63, 3.8) is 0 Å². The molecule has 0 aliphatic carbocycles. The minimum absolute atomic E-state index is 0. The summed E-state index contributed by atoms with van der Waals surface area (Å²) in [7, 11) is -14.7. The maximum Gasteiger partial charge on any atom is 0.295 e. The number of isothiocyanates is 1. The molecule has 0 spiro atoms. The number of rotatable bonds is 4. The first-order chi connectivity index (χ1) is 11.2. The summed E-state index contributed by atoms with van der Waals surface area (Å²) >= 11 is 4.38. The van der Waals surface area contributed by atoms with Gasteiger partial charge in [0, 0.05) is 94.1 Å². The number of fused-ring (bicyclic) bond motifs is 1. The Morgan fingerprint density at radius 2 is 1.18 bits per heavy atom. The van der Waals surface area contributed by atoms with Gasteiger partial charge in [-0.2, -0.15) is 30.2 Å². The largest absolute Gasteiger partial charge is 0.295 e. The Bertz CT molecular complexity index is 1260. The third kappa shape index (κ3) is 7.43. The maximum atomic E-state index is 11.6. The second-order valence-electron chi connectivity index (χ2n) is 4.59. The van der Waals surface area contributed by atoms with Crippen molar-refractivity contribution in [3.05, 3.63) is 24.3 Å². The Morgan fingerprint density at radius 3 is 1.54 bits per heavy atom. The second-order valence-corrected chi connectivity index (χ2v) is 9.01. The summed E-state index contributed by atoms with van der Waals surface area (Å²) in [6, 6.07) is 2.67. The number of hydrogen-bond acceptors (Lipinski definition) is 8. The molecule has 0 bridgehead atoms. The number of aliphatic imine (C=N–C) groups is 1. The summed E-state index contributed by atoms with van der Waals surface area (Å²) in [5.41, 5.74) is -0.422. The van der Waals surface area contributed by atoms with Crippen molar-refractivity contribution in [2.45, 2.75) is 14.7 Å². The van der Waals surface area contributed by atoms with E-state index in [0.29, 0.717) is 6.07 Å². The Kier molecular flexibility index (Phi) is 12.6. The summed E-state index contributed by atoms with van der Waals surface area (Å²) in [4.78, 5) is 0.823. The van der Waals surface area contributed by atoms with Crippen LogP contribution in [0.15, 0.2) is 43.9 Å². The van der Waals surface area contributed by atoms with Gasteiger partial charge in [0.15, 0.2) is 0 Å². The van der Waals surface area contributed by atoms with Gasteiger partial charge in [-0.15, -0.1) is 0 Å². The molecule has 0 heterocycles. The molecule has 0 aromatic heterocycles. The molecule has 2 aromatic carbocycles. The number of benzene rings is 2. The molecule has 0 amide bonds. The van der Waals surface area contributed by atoms with Crippen LogP contribution in [0, 0.1) is 0 Å². The van der Waals surface area contributed by atoms with Gasteiger partial charge in [0.05, 0.1) is 20.6 Å². The molecule has 3 N–H and O–H groups in total. The summed E-state index contributed by atoms with van der Waals surface area (Å²) in [6.45, 7) is 0. The van der Waals surface area contributed by atoms with Gasteiger partial charge in [-0.3, -0.25) is 13.7 Å². The zero-order valence-corrected chi connectivity index (χ0v) is 23.9. The van der Waals surface area contributed by atoms with Crippen LogP contribution in [-0.4, -0.2) is 133 Å². The van der Waals surface area contributed by atoms with Crippen molar-refractivity contribution < 1.29 is 38.9 Å². The van der Waals surface area contributed by atoms with Crippen LogP contribution in [0.3, 0.4) is 0 Å². The van der Waals surface area contributed by atoms with Gasteiger partial charge in [0.25, 0.3) is 30.4 Å². The fourth-order valence-electron chi connectivity index (χ4n) is 2.04. The van der Waals surface area contributed by atoms with Crippen molar-refractivity contribution in [1.82, 2.24) is 0 Å². The van der Waals surface area contributed by atoms with E-state index in [1.165, 1.54) is 0 Å². The van der Waals surface area contributed by atoms with Crippen LogP contribution in [0.2, 0.25) is 0 Å². The van der Waals surface area contributed by atoms with Crippen LogP contribution in [0.1, 0.15) is 0 Å². The Labute approximate surface area is 232 Å². The van der Waals surface area contributed by atoms with E-state index in [1.54, 1.807) is 0 Å².